The van der Waals surface area contributed by atoms with E-state index in [1.165, 1.54) is 25.3 Å². The van der Waals surface area contributed by atoms with E-state index in [2.05, 4.69) is 4.98 Å². The van der Waals surface area contributed by atoms with E-state index in [0.717, 1.165) is 45.7 Å². The molecule has 2 heterocycles. The number of hydrogen-bond donors (Lipinski definition) is 1. The summed E-state index contributed by atoms with van der Waals surface area (Å²) in [7, 11) is -2.89. The molecule has 4 rings (SSSR count). The number of halogens is 2. The molecule has 0 radical (unpaired) electrons. The van der Waals surface area contributed by atoms with E-state index < -0.39 is 27.6 Å². The summed E-state index contributed by atoms with van der Waals surface area (Å²) in [6.07, 6.45) is 4.93. The predicted molar refractivity (Wildman–Crippen MR) is 124 cm³/mol. The number of hydrogen-bond acceptors (Lipinski definition) is 5. The Bertz CT molecular complexity index is 1350. The molecule has 182 valence electrons. The largest absolute Gasteiger partial charge is 0.465 e. The molecule has 1 fully saturated rings. The quantitative estimate of drug-likeness (QED) is 0.386. The van der Waals surface area contributed by atoms with Crippen molar-refractivity contribution >= 4 is 26.9 Å². The Kier molecular flexibility index (Phi) is 6.24. The van der Waals surface area contributed by atoms with E-state index in [1.54, 1.807) is 13.0 Å². The number of carbonyl (C=O) groups is 1. The van der Waals surface area contributed by atoms with Crippen LogP contribution < -0.4 is 4.72 Å². The molecule has 1 saturated carbocycles. The van der Waals surface area contributed by atoms with Crippen LogP contribution in [0.1, 0.15) is 61.5 Å². The minimum absolute atomic E-state index is 0.0694. The van der Waals surface area contributed by atoms with Crippen LogP contribution in [0.5, 0.6) is 0 Å². The molecule has 1 aliphatic rings. The Morgan fingerprint density at radius 2 is 1.91 bits per heavy atom. The second-order valence-electron chi connectivity index (χ2n) is 9.10. The summed E-state index contributed by atoms with van der Waals surface area (Å²) in [4.78, 5) is 17.0. The van der Waals surface area contributed by atoms with Crippen LogP contribution in [0.15, 0.2) is 35.4 Å². The van der Waals surface area contributed by atoms with Gasteiger partial charge in [0.2, 0.25) is 10.0 Å². The fraction of sp³-hybridized carbons (Fsp3) is 0.417. The van der Waals surface area contributed by atoms with Gasteiger partial charge in [-0.15, -0.1) is 0 Å². The molecular formula is C24H27F2N3O4S. The first-order valence-electron chi connectivity index (χ1n) is 11.0. The summed E-state index contributed by atoms with van der Waals surface area (Å²) in [6.45, 7) is 3.85. The fourth-order valence-electron chi connectivity index (χ4n) is 4.59. The van der Waals surface area contributed by atoms with Crippen molar-refractivity contribution in [1.82, 2.24) is 14.3 Å². The van der Waals surface area contributed by atoms with Gasteiger partial charge in [0, 0.05) is 17.6 Å². The highest BCUT2D eigenvalue weighted by molar-refractivity contribution is 7.89. The fourth-order valence-corrected chi connectivity index (χ4v) is 5.79. The van der Waals surface area contributed by atoms with Crippen molar-refractivity contribution in [2.24, 2.45) is 0 Å². The van der Waals surface area contributed by atoms with Gasteiger partial charge in [-0.3, -0.25) is 4.98 Å². The van der Waals surface area contributed by atoms with Gasteiger partial charge in [0.1, 0.15) is 10.7 Å². The molecule has 0 spiro atoms. The van der Waals surface area contributed by atoms with Crippen molar-refractivity contribution in [3.63, 3.8) is 0 Å². The van der Waals surface area contributed by atoms with E-state index in [9.17, 15) is 22.0 Å². The number of nitrogens with one attached hydrogen (secondary N) is 1. The van der Waals surface area contributed by atoms with E-state index in [0.29, 0.717) is 27.9 Å². The minimum atomic E-state index is -4.15. The van der Waals surface area contributed by atoms with Crippen molar-refractivity contribution in [1.29, 1.82) is 0 Å². The maximum atomic E-state index is 14.6. The Morgan fingerprint density at radius 1 is 1.24 bits per heavy atom. The molecular weight excluding hydrogens is 464 g/mol. The first kappa shape index (κ1) is 24.3. The maximum Gasteiger partial charge on any atom is 0.340 e. The second-order valence-corrected chi connectivity index (χ2v) is 10.8. The highest BCUT2D eigenvalue weighted by atomic mass is 32.2. The maximum absolute atomic E-state index is 14.6. The van der Waals surface area contributed by atoms with Gasteiger partial charge in [0.05, 0.1) is 29.6 Å². The Balaban J connectivity index is 1.96. The zero-order valence-corrected chi connectivity index (χ0v) is 20.3. The van der Waals surface area contributed by atoms with E-state index in [1.807, 2.05) is 9.29 Å². The second kappa shape index (κ2) is 8.74. The lowest BCUT2D eigenvalue weighted by atomic mass is 10.1. The molecule has 0 atom stereocenters. The molecule has 1 aliphatic carbocycles. The number of carbonyl (C=O) groups excluding carboxylic acids is 1. The van der Waals surface area contributed by atoms with Gasteiger partial charge >= 0.3 is 5.97 Å². The van der Waals surface area contributed by atoms with Gasteiger partial charge in [-0.1, -0.05) is 12.8 Å². The number of aromatic nitrogens is 2. The lowest BCUT2D eigenvalue weighted by Crippen LogP contribution is -2.39. The summed E-state index contributed by atoms with van der Waals surface area (Å²) >= 11 is 0. The Hall–Kier alpha value is -2.85. The van der Waals surface area contributed by atoms with Crippen LogP contribution >= 0.6 is 0 Å². The van der Waals surface area contributed by atoms with Crippen LogP contribution in [0.3, 0.4) is 0 Å². The van der Waals surface area contributed by atoms with Crippen LogP contribution in [0.4, 0.5) is 8.78 Å². The zero-order valence-electron chi connectivity index (χ0n) is 19.5. The average molecular weight is 492 g/mol. The number of ether oxygens (including phenoxy) is 1. The number of esters is 1. The van der Waals surface area contributed by atoms with Crippen molar-refractivity contribution in [2.75, 3.05) is 7.11 Å². The lowest BCUT2D eigenvalue weighted by molar-refractivity contribution is 0.0603. The first-order valence-corrected chi connectivity index (χ1v) is 12.5. The smallest absolute Gasteiger partial charge is 0.340 e. The first-order chi connectivity index (χ1) is 15.9. The van der Waals surface area contributed by atoms with Gasteiger partial charge in [0.15, 0.2) is 5.79 Å². The molecule has 1 aromatic carbocycles. The number of rotatable bonds is 6. The molecule has 34 heavy (non-hydrogen) atoms. The number of sulfonamides is 1. The molecule has 3 aromatic rings. The summed E-state index contributed by atoms with van der Waals surface area (Å²) < 4.78 is 62.4. The number of benzene rings is 1. The monoisotopic (exact) mass is 491 g/mol. The normalized spacial score (nSPS) is 15.2. The summed E-state index contributed by atoms with van der Waals surface area (Å²) in [6, 6.07) is 5.89. The van der Waals surface area contributed by atoms with Gasteiger partial charge < -0.3 is 9.30 Å². The van der Waals surface area contributed by atoms with Gasteiger partial charge in [-0.05, 0) is 63.4 Å². The van der Waals surface area contributed by atoms with Crippen LogP contribution in [0.2, 0.25) is 0 Å². The van der Waals surface area contributed by atoms with Gasteiger partial charge in [0.25, 0.3) is 0 Å². The third kappa shape index (κ3) is 4.44. The van der Waals surface area contributed by atoms with Crippen LogP contribution in [-0.2, 0) is 14.8 Å². The lowest BCUT2D eigenvalue weighted by Gasteiger charge is -2.19. The third-order valence-corrected chi connectivity index (χ3v) is 7.65. The van der Waals surface area contributed by atoms with Gasteiger partial charge in [-0.2, -0.15) is 4.72 Å². The Morgan fingerprint density at radius 3 is 2.47 bits per heavy atom. The van der Waals surface area contributed by atoms with Crippen LogP contribution in [0, 0.1) is 12.7 Å². The van der Waals surface area contributed by atoms with E-state index in [-0.39, 0.29) is 16.5 Å². The predicted octanol–water partition coefficient (Wildman–Crippen LogP) is 5.04. The molecule has 10 heteroatoms. The molecule has 1 N–H and O–H groups in total. The van der Waals surface area contributed by atoms with E-state index >= 15 is 0 Å². The summed E-state index contributed by atoms with van der Waals surface area (Å²) in [5.41, 5.74) is 2.10. The highest BCUT2D eigenvalue weighted by Gasteiger charge is 2.31. The van der Waals surface area contributed by atoms with Crippen molar-refractivity contribution < 1.29 is 26.7 Å². The summed E-state index contributed by atoms with van der Waals surface area (Å²) in [5.74, 6) is -3.23. The van der Waals surface area contributed by atoms with Crippen molar-refractivity contribution in [3.05, 3.63) is 47.4 Å². The average Bonchev–Trinajstić information content (AvgIpc) is 3.38. The topological polar surface area (TPSA) is 90.3 Å². The SMILES string of the molecule is COC(=O)c1c(-c2ccc(S(=O)(=O)NC(C)(C)F)cn2)n(C2CCCC2)c2cc(C)c(F)cc12. The van der Waals surface area contributed by atoms with Gasteiger partial charge in [-0.25, -0.2) is 22.0 Å². The Labute approximate surface area is 197 Å². The third-order valence-electron chi connectivity index (χ3n) is 6.03. The highest BCUT2D eigenvalue weighted by Crippen LogP contribution is 2.42. The van der Waals surface area contributed by atoms with Crippen LogP contribution in [0.25, 0.3) is 22.3 Å². The number of methoxy groups -OCH3 is 1. The molecule has 2 aromatic heterocycles. The van der Waals surface area contributed by atoms with Crippen molar-refractivity contribution in [3.8, 4) is 11.4 Å². The number of nitrogens with zero attached hydrogens (tertiary/aromatic N) is 2. The number of pyridine rings is 1. The molecule has 0 saturated heterocycles. The van der Waals surface area contributed by atoms with E-state index in [4.69, 9.17) is 4.74 Å². The van der Waals surface area contributed by atoms with Crippen LogP contribution in [-0.4, -0.2) is 36.8 Å². The number of aryl methyl sites for hydroxylation is 1. The minimum Gasteiger partial charge on any atom is -0.465 e. The molecule has 0 bridgehead atoms. The molecule has 0 aliphatic heterocycles. The number of fused-ring (bicyclic) bond motifs is 1. The molecule has 7 nitrogen and oxygen atoms in total. The standard InChI is InChI=1S/C24H27F2N3O4S/c1-14-11-20-17(12-18(14)25)21(23(30)33-4)22(29(20)15-7-5-6-8-15)19-10-9-16(13-27-19)34(31,32)28-24(2,3)26/h9-13,15,28H,5-8H2,1-4H3. The molecule has 0 amide bonds. The number of alkyl halides is 1. The summed E-state index contributed by atoms with van der Waals surface area (Å²) in [5, 5.41) is 0.413. The zero-order chi connectivity index (χ0) is 24.8. The van der Waals surface area contributed by atoms with Crippen molar-refractivity contribution in [2.45, 2.75) is 63.2 Å². The molecule has 0 unspecified atom stereocenters.